The van der Waals surface area contributed by atoms with Crippen LogP contribution in [-0.4, -0.2) is 29.8 Å². The Morgan fingerprint density at radius 2 is 2.14 bits per heavy atom. The van der Waals surface area contributed by atoms with Crippen molar-refractivity contribution in [1.29, 1.82) is 10.7 Å². The van der Waals surface area contributed by atoms with E-state index in [9.17, 15) is 9.59 Å². The summed E-state index contributed by atoms with van der Waals surface area (Å²) in [6, 6.07) is 9.01. The van der Waals surface area contributed by atoms with E-state index in [1.807, 2.05) is 18.2 Å². The van der Waals surface area contributed by atoms with E-state index in [-0.39, 0.29) is 12.1 Å². The fourth-order valence-electron chi connectivity index (χ4n) is 1.52. The highest BCUT2D eigenvalue weighted by atomic mass is 35.5. The molecule has 1 aromatic rings. The number of benzene rings is 1. The van der Waals surface area contributed by atoms with E-state index in [1.54, 1.807) is 12.1 Å². The lowest BCUT2D eigenvalue weighted by Gasteiger charge is -2.07. The highest BCUT2D eigenvalue weighted by Gasteiger charge is 2.21. The van der Waals surface area contributed by atoms with Crippen molar-refractivity contribution >= 4 is 40.8 Å². The number of Topliss-reactive ketones (excluding diaryl/α,β-unsaturated/α-hetero) is 1. The SMILES string of the molecule is CC(=N)C(C#N)C(=O)COC(=O)CCSc1ccccc1Cl. The maximum Gasteiger partial charge on any atom is 0.307 e. The van der Waals surface area contributed by atoms with E-state index >= 15 is 0 Å². The van der Waals surface area contributed by atoms with Crippen LogP contribution in [-0.2, 0) is 14.3 Å². The average Bonchev–Trinajstić information content (AvgIpc) is 2.47. The molecule has 0 radical (unpaired) electrons. The van der Waals surface area contributed by atoms with Crippen LogP contribution < -0.4 is 0 Å². The molecule has 1 rings (SSSR count). The van der Waals surface area contributed by atoms with Crippen LogP contribution >= 0.6 is 23.4 Å². The molecule has 7 heteroatoms. The molecule has 1 aromatic carbocycles. The predicted octanol–water partition coefficient (Wildman–Crippen LogP) is 3.11. The Morgan fingerprint density at radius 3 is 2.73 bits per heavy atom. The van der Waals surface area contributed by atoms with Crippen molar-refractivity contribution in [2.75, 3.05) is 12.4 Å². The summed E-state index contributed by atoms with van der Waals surface area (Å²) in [5.41, 5.74) is -0.0576. The van der Waals surface area contributed by atoms with Gasteiger partial charge in [-0.05, 0) is 19.1 Å². The molecule has 1 N–H and O–H groups in total. The van der Waals surface area contributed by atoms with Gasteiger partial charge in [-0.25, -0.2) is 0 Å². The molecule has 0 saturated carbocycles. The molecule has 0 fully saturated rings. The zero-order valence-corrected chi connectivity index (χ0v) is 13.5. The molecular formula is C15H15ClN2O3S. The van der Waals surface area contributed by atoms with Gasteiger partial charge in [0.15, 0.2) is 12.4 Å². The molecule has 0 aliphatic rings. The van der Waals surface area contributed by atoms with Gasteiger partial charge in [0.1, 0.15) is 5.92 Å². The predicted molar refractivity (Wildman–Crippen MR) is 85.3 cm³/mol. The van der Waals surface area contributed by atoms with E-state index in [1.165, 1.54) is 18.7 Å². The van der Waals surface area contributed by atoms with E-state index in [2.05, 4.69) is 0 Å². The molecule has 5 nitrogen and oxygen atoms in total. The first-order valence-corrected chi connectivity index (χ1v) is 7.82. The lowest BCUT2D eigenvalue weighted by molar-refractivity contribution is -0.147. The van der Waals surface area contributed by atoms with Crippen molar-refractivity contribution in [1.82, 2.24) is 0 Å². The summed E-state index contributed by atoms with van der Waals surface area (Å²) < 4.78 is 4.82. The second-order valence-corrected chi connectivity index (χ2v) is 5.94. The van der Waals surface area contributed by atoms with E-state index in [0.717, 1.165) is 4.90 Å². The Hall–Kier alpha value is -1.84. The van der Waals surface area contributed by atoms with Crippen LogP contribution in [0, 0.1) is 22.7 Å². The Kier molecular flexibility index (Phi) is 7.64. The summed E-state index contributed by atoms with van der Waals surface area (Å²) in [6.07, 6.45) is 0.129. The molecule has 0 saturated heterocycles. The number of nitrogens with one attached hydrogen (secondary N) is 1. The molecular weight excluding hydrogens is 324 g/mol. The first-order valence-electron chi connectivity index (χ1n) is 6.46. The summed E-state index contributed by atoms with van der Waals surface area (Å²) in [7, 11) is 0. The fourth-order valence-corrected chi connectivity index (χ4v) is 2.69. The lowest BCUT2D eigenvalue weighted by atomic mass is 10.0. The lowest BCUT2D eigenvalue weighted by Crippen LogP contribution is -2.25. The number of carbonyl (C=O) groups excluding carboxylic acids is 2. The monoisotopic (exact) mass is 338 g/mol. The quantitative estimate of drug-likeness (QED) is 0.446. The first-order chi connectivity index (χ1) is 10.5. The second-order valence-electron chi connectivity index (χ2n) is 4.40. The van der Waals surface area contributed by atoms with Crippen LogP contribution in [0.2, 0.25) is 5.02 Å². The van der Waals surface area contributed by atoms with Crippen LogP contribution in [0.5, 0.6) is 0 Å². The molecule has 0 bridgehead atoms. The van der Waals surface area contributed by atoms with Crippen LogP contribution in [0.3, 0.4) is 0 Å². The molecule has 0 heterocycles. The second kappa shape index (κ2) is 9.23. The highest BCUT2D eigenvalue weighted by molar-refractivity contribution is 7.99. The molecule has 0 aromatic heterocycles. The number of nitriles is 1. The van der Waals surface area contributed by atoms with Gasteiger partial charge in [-0.3, -0.25) is 9.59 Å². The van der Waals surface area contributed by atoms with Crippen LogP contribution in [0.15, 0.2) is 29.2 Å². The van der Waals surface area contributed by atoms with Crippen LogP contribution in [0.1, 0.15) is 13.3 Å². The third-order valence-corrected chi connectivity index (χ3v) is 4.18. The minimum absolute atomic E-state index is 0.0576. The van der Waals surface area contributed by atoms with Crippen molar-refractivity contribution in [3.8, 4) is 6.07 Å². The van der Waals surface area contributed by atoms with Crippen LogP contribution in [0.25, 0.3) is 0 Å². The van der Waals surface area contributed by atoms with E-state index < -0.39 is 24.3 Å². The third kappa shape index (κ3) is 5.88. The van der Waals surface area contributed by atoms with Crippen LogP contribution in [0.4, 0.5) is 0 Å². The molecule has 1 unspecified atom stereocenters. The summed E-state index contributed by atoms with van der Waals surface area (Å²) in [5.74, 6) is -1.78. The van der Waals surface area contributed by atoms with Gasteiger partial charge in [0.05, 0.1) is 17.5 Å². The number of nitrogens with zero attached hydrogens (tertiary/aromatic N) is 1. The smallest absolute Gasteiger partial charge is 0.307 e. The van der Waals surface area contributed by atoms with Gasteiger partial charge in [0, 0.05) is 16.4 Å². The zero-order chi connectivity index (χ0) is 16.5. The summed E-state index contributed by atoms with van der Waals surface area (Å²) in [5, 5.41) is 16.7. The topological polar surface area (TPSA) is 91.0 Å². The third-order valence-electron chi connectivity index (χ3n) is 2.66. The van der Waals surface area contributed by atoms with Crippen molar-refractivity contribution in [2.24, 2.45) is 5.92 Å². The van der Waals surface area contributed by atoms with Gasteiger partial charge in [0.25, 0.3) is 0 Å². The van der Waals surface area contributed by atoms with Gasteiger partial charge in [-0.2, -0.15) is 5.26 Å². The first kappa shape index (κ1) is 18.2. The number of hydrogen-bond donors (Lipinski definition) is 1. The van der Waals surface area contributed by atoms with Crippen molar-refractivity contribution < 1.29 is 14.3 Å². The number of ketones is 1. The number of hydrogen-bond acceptors (Lipinski definition) is 6. The van der Waals surface area contributed by atoms with E-state index in [0.29, 0.717) is 10.8 Å². The van der Waals surface area contributed by atoms with Crippen molar-refractivity contribution in [3.05, 3.63) is 29.3 Å². The Morgan fingerprint density at radius 1 is 1.45 bits per heavy atom. The number of carbonyl (C=O) groups is 2. The number of thioether (sulfide) groups is 1. The number of ether oxygens (including phenoxy) is 1. The van der Waals surface area contributed by atoms with E-state index in [4.69, 9.17) is 27.0 Å². The van der Waals surface area contributed by atoms with Gasteiger partial charge in [0.2, 0.25) is 0 Å². The molecule has 22 heavy (non-hydrogen) atoms. The fraction of sp³-hybridized carbons (Fsp3) is 0.333. The standard InChI is InChI=1S/C15H15ClN2O3S/c1-10(18)11(8-17)13(19)9-21-15(20)6-7-22-14-5-3-2-4-12(14)16/h2-5,11,18H,6-7,9H2,1H3. The van der Waals surface area contributed by atoms with Gasteiger partial charge >= 0.3 is 5.97 Å². The molecule has 0 amide bonds. The molecule has 116 valence electrons. The molecule has 1 atom stereocenters. The largest absolute Gasteiger partial charge is 0.458 e. The number of esters is 1. The Balaban J connectivity index is 2.33. The summed E-state index contributed by atoms with van der Waals surface area (Å²) in [6.45, 7) is 0.887. The summed E-state index contributed by atoms with van der Waals surface area (Å²) >= 11 is 7.41. The average molecular weight is 339 g/mol. The number of halogens is 1. The highest BCUT2D eigenvalue weighted by Crippen LogP contribution is 2.26. The van der Waals surface area contributed by atoms with Gasteiger partial charge in [-0.15, -0.1) is 11.8 Å². The Labute approximate surface area is 138 Å². The minimum Gasteiger partial charge on any atom is -0.458 e. The summed E-state index contributed by atoms with van der Waals surface area (Å²) in [4.78, 5) is 24.0. The van der Waals surface area contributed by atoms with Gasteiger partial charge < -0.3 is 10.1 Å². The molecule has 0 aliphatic heterocycles. The molecule has 0 aliphatic carbocycles. The maximum atomic E-state index is 11.6. The minimum atomic E-state index is -1.15. The van der Waals surface area contributed by atoms with Crippen molar-refractivity contribution in [2.45, 2.75) is 18.2 Å². The number of rotatable bonds is 8. The van der Waals surface area contributed by atoms with Gasteiger partial charge in [-0.1, -0.05) is 23.7 Å². The molecule has 0 spiro atoms. The Bertz CT molecular complexity index is 613. The maximum absolute atomic E-state index is 11.6. The zero-order valence-electron chi connectivity index (χ0n) is 12.0. The normalized spacial score (nSPS) is 11.3. The van der Waals surface area contributed by atoms with Crippen molar-refractivity contribution in [3.63, 3.8) is 0 Å².